The van der Waals surface area contributed by atoms with E-state index in [-0.39, 0.29) is 11.6 Å². The summed E-state index contributed by atoms with van der Waals surface area (Å²) in [5, 5.41) is 3.07. The Morgan fingerprint density at radius 3 is 2.88 bits per heavy atom. The largest absolute Gasteiger partial charge is 0.384 e. The van der Waals surface area contributed by atoms with Gasteiger partial charge in [-0.2, -0.15) is 0 Å². The van der Waals surface area contributed by atoms with Crippen LogP contribution >= 0.6 is 11.6 Å². The van der Waals surface area contributed by atoms with Gasteiger partial charge in [0.15, 0.2) is 0 Å². The van der Waals surface area contributed by atoms with Gasteiger partial charge in [0, 0.05) is 6.54 Å². The number of carbonyl (C=O) groups excluding carboxylic acids is 1. The Hall–Kier alpha value is -1.29. The highest BCUT2D eigenvalue weighted by molar-refractivity contribution is 6.33. The van der Waals surface area contributed by atoms with Crippen molar-refractivity contribution in [3.63, 3.8) is 0 Å². The summed E-state index contributed by atoms with van der Waals surface area (Å²) in [6, 6.07) is 3.13. The number of nitrogen functional groups attached to an aromatic ring is 1. The summed E-state index contributed by atoms with van der Waals surface area (Å²) in [6.07, 6.45) is 0.922. The van der Waals surface area contributed by atoms with E-state index in [1.807, 2.05) is 0 Å². The number of hydrogen-bond acceptors (Lipinski definition) is 3. The number of pyridine rings is 1. The highest BCUT2D eigenvalue weighted by atomic mass is 35.5. The molecule has 88 valence electrons. The van der Waals surface area contributed by atoms with Crippen LogP contribution in [0.25, 0.3) is 0 Å². The molecule has 0 aromatic carbocycles. The van der Waals surface area contributed by atoms with E-state index < -0.39 is 0 Å². The molecule has 16 heavy (non-hydrogen) atoms. The lowest BCUT2D eigenvalue weighted by Gasteiger charge is -2.08. The minimum absolute atomic E-state index is 0.186. The number of aromatic nitrogens is 1. The Bertz CT molecular complexity index is 379. The smallest absolute Gasteiger partial charge is 0.271 e. The summed E-state index contributed by atoms with van der Waals surface area (Å²) in [7, 11) is 0. The highest BCUT2D eigenvalue weighted by Gasteiger charge is 2.11. The number of rotatable bonds is 4. The van der Waals surface area contributed by atoms with Gasteiger partial charge >= 0.3 is 0 Å². The molecule has 0 bridgehead atoms. The summed E-state index contributed by atoms with van der Waals surface area (Å²) in [6.45, 7) is 4.80. The van der Waals surface area contributed by atoms with Crippen molar-refractivity contribution in [2.45, 2.75) is 20.3 Å². The molecule has 0 atom stereocenters. The van der Waals surface area contributed by atoms with Crippen molar-refractivity contribution in [2.24, 2.45) is 5.92 Å². The topological polar surface area (TPSA) is 68.0 Å². The Labute approximate surface area is 100 Å². The Balaban J connectivity index is 2.62. The molecule has 1 rings (SSSR count). The molecule has 0 unspecified atom stereocenters. The van der Waals surface area contributed by atoms with Crippen LogP contribution in [0.3, 0.4) is 0 Å². The van der Waals surface area contributed by atoms with E-state index in [1.165, 1.54) is 0 Å². The van der Waals surface area contributed by atoms with Gasteiger partial charge in [0.2, 0.25) is 0 Å². The summed E-state index contributed by atoms with van der Waals surface area (Å²) in [4.78, 5) is 15.6. The molecule has 3 N–H and O–H groups in total. The van der Waals surface area contributed by atoms with Gasteiger partial charge in [-0.15, -0.1) is 0 Å². The van der Waals surface area contributed by atoms with Crippen molar-refractivity contribution >= 4 is 23.3 Å². The second-order valence-corrected chi connectivity index (χ2v) is 4.41. The lowest BCUT2D eigenvalue weighted by Crippen LogP contribution is -2.26. The van der Waals surface area contributed by atoms with E-state index in [0.29, 0.717) is 23.3 Å². The Morgan fingerprint density at radius 1 is 1.56 bits per heavy atom. The predicted octanol–water partition coefficient (Wildman–Crippen LogP) is 2.09. The lowest BCUT2D eigenvalue weighted by molar-refractivity contribution is 0.0947. The van der Waals surface area contributed by atoms with Gasteiger partial charge in [-0.05, 0) is 24.5 Å². The number of nitrogens with two attached hydrogens (primary N) is 1. The van der Waals surface area contributed by atoms with Crippen molar-refractivity contribution in [1.29, 1.82) is 0 Å². The predicted molar refractivity (Wildman–Crippen MR) is 65.4 cm³/mol. The van der Waals surface area contributed by atoms with Crippen LogP contribution in [0.4, 0.5) is 5.82 Å². The van der Waals surface area contributed by atoms with Crippen molar-refractivity contribution in [2.75, 3.05) is 12.3 Å². The Kier molecular flexibility index (Phi) is 4.55. The zero-order valence-corrected chi connectivity index (χ0v) is 10.2. The number of hydrogen-bond donors (Lipinski definition) is 2. The van der Waals surface area contributed by atoms with E-state index in [9.17, 15) is 4.79 Å². The zero-order chi connectivity index (χ0) is 12.1. The fraction of sp³-hybridized carbons (Fsp3) is 0.455. The van der Waals surface area contributed by atoms with Crippen LogP contribution in [0, 0.1) is 5.92 Å². The van der Waals surface area contributed by atoms with E-state index in [0.717, 1.165) is 6.42 Å². The molecule has 1 aromatic rings. The van der Waals surface area contributed by atoms with Crippen molar-refractivity contribution < 1.29 is 4.79 Å². The number of amides is 1. The summed E-state index contributed by atoms with van der Waals surface area (Å²) < 4.78 is 0. The molecule has 0 aliphatic carbocycles. The summed E-state index contributed by atoms with van der Waals surface area (Å²) >= 11 is 5.85. The third-order valence-electron chi connectivity index (χ3n) is 2.09. The Morgan fingerprint density at radius 2 is 2.25 bits per heavy atom. The van der Waals surface area contributed by atoms with Gasteiger partial charge in [-0.25, -0.2) is 4.98 Å². The van der Waals surface area contributed by atoms with Gasteiger partial charge in [-0.3, -0.25) is 4.79 Å². The van der Waals surface area contributed by atoms with Gasteiger partial charge in [0.1, 0.15) is 11.5 Å². The second kappa shape index (κ2) is 5.70. The maximum absolute atomic E-state index is 11.7. The van der Waals surface area contributed by atoms with Crippen LogP contribution in [0.15, 0.2) is 12.1 Å². The van der Waals surface area contributed by atoms with Crippen LogP contribution in [-0.2, 0) is 0 Å². The molecule has 4 nitrogen and oxygen atoms in total. The number of halogens is 1. The number of anilines is 1. The summed E-state index contributed by atoms with van der Waals surface area (Å²) in [5.74, 6) is 0.556. The lowest BCUT2D eigenvalue weighted by atomic mass is 10.1. The monoisotopic (exact) mass is 241 g/mol. The van der Waals surface area contributed by atoms with Crippen molar-refractivity contribution in [3.8, 4) is 0 Å². The molecule has 5 heteroatoms. The molecular formula is C11H16ClN3O. The molecule has 0 saturated carbocycles. The van der Waals surface area contributed by atoms with Gasteiger partial charge in [0.25, 0.3) is 5.91 Å². The van der Waals surface area contributed by atoms with Crippen LogP contribution in [0.2, 0.25) is 5.02 Å². The van der Waals surface area contributed by atoms with Crippen molar-refractivity contribution in [1.82, 2.24) is 10.3 Å². The van der Waals surface area contributed by atoms with Crippen molar-refractivity contribution in [3.05, 3.63) is 22.8 Å². The SMILES string of the molecule is CC(C)CCNC(=O)c1nc(N)ccc1Cl. The fourth-order valence-corrected chi connectivity index (χ4v) is 1.37. The average molecular weight is 242 g/mol. The molecular weight excluding hydrogens is 226 g/mol. The molecule has 0 saturated heterocycles. The first-order valence-electron chi connectivity index (χ1n) is 5.21. The van der Waals surface area contributed by atoms with Crippen LogP contribution in [0.1, 0.15) is 30.8 Å². The first-order valence-corrected chi connectivity index (χ1v) is 5.58. The third kappa shape index (κ3) is 3.70. The maximum Gasteiger partial charge on any atom is 0.271 e. The van der Waals surface area contributed by atoms with E-state index in [2.05, 4.69) is 24.1 Å². The molecule has 0 aliphatic heterocycles. The van der Waals surface area contributed by atoms with Crippen LogP contribution in [-0.4, -0.2) is 17.4 Å². The highest BCUT2D eigenvalue weighted by Crippen LogP contribution is 2.14. The van der Waals surface area contributed by atoms with Crippen LogP contribution < -0.4 is 11.1 Å². The van der Waals surface area contributed by atoms with Gasteiger partial charge in [-0.1, -0.05) is 25.4 Å². The molecule has 0 spiro atoms. The van der Waals surface area contributed by atoms with E-state index >= 15 is 0 Å². The molecule has 1 heterocycles. The maximum atomic E-state index is 11.7. The summed E-state index contributed by atoms with van der Waals surface area (Å²) in [5.41, 5.74) is 5.68. The quantitative estimate of drug-likeness (QED) is 0.848. The zero-order valence-electron chi connectivity index (χ0n) is 9.46. The third-order valence-corrected chi connectivity index (χ3v) is 2.39. The second-order valence-electron chi connectivity index (χ2n) is 4.00. The van der Waals surface area contributed by atoms with Crippen LogP contribution in [0.5, 0.6) is 0 Å². The van der Waals surface area contributed by atoms with Gasteiger partial charge < -0.3 is 11.1 Å². The fourth-order valence-electron chi connectivity index (χ4n) is 1.17. The minimum Gasteiger partial charge on any atom is -0.384 e. The first-order chi connectivity index (χ1) is 7.50. The normalized spacial score (nSPS) is 10.5. The first kappa shape index (κ1) is 12.8. The minimum atomic E-state index is -0.280. The number of nitrogens with one attached hydrogen (secondary N) is 1. The molecule has 0 fully saturated rings. The molecule has 1 amide bonds. The van der Waals surface area contributed by atoms with E-state index in [4.69, 9.17) is 17.3 Å². The van der Waals surface area contributed by atoms with Gasteiger partial charge in [0.05, 0.1) is 5.02 Å². The molecule has 0 aliphatic rings. The average Bonchev–Trinajstić information content (AvgIpc) is 2.21. The number of nitrogens with zero attached hydrogens (tertiary/aromatic N) is 1. The molecule has 0 radical (unpaired) electrons. The molecule has 1 aromatic heterocycles. The number of carbonyl (C=O) groups is 1. The standard InChI is InChI=1S/C11H16ClN3O/c1-7(2)5-6-14-11(16)10-8(12)3-4-9(13)15-10/h3-4,7H,5-6H2,1-2H3,(H2,13,15)(H,14,16). The van der Waals surface area contributed by atoms with E-state index in [1.54, 1.807) is 12.1 Å².